The lowest BCUT2D eigenvalue weighted by Crippen LogP contribution is -2.29. The van der Waals surface area contributed by atoms with Crippen molar-refractivity contribution < 1.29 is 33.6 Å². The molecule has 1 aliphatic heterocycles. The fourth-order valence-corrected chi connectivity index (χ4v) is 4.31. The number of methoxy groups -OCH3 is 3. The van der Waals surface area contributed by atoms with Gasteiger partial charge in [0.05, 0.1) is 45.1 Å². The summed E-state index contributed by atoms with van der Waals surface area (Å²) in [5.41, 5.74) is 1.24. The number of rotatable bonds is 9. The summed E-state index contributed by atoms with van der Waals surface area (Å²) in [4.78, 5) is 28.3. The molecule has 1 heterocycles. The smallest absolute Gasteiger partial charge is 0.300 e. The molecule has 0 aliphatic carbocycles. The number of nitrogens with zero attached hydrogens (tertiary/aromatic N) is 1. The second-order valence-electron chi connectivity index (χ2n) is 8.36. The van der Waals surface area contributed by atoms with Crippen LogP contribution >= 0.6 is 0 Å². The highest BCUT2D eigenvalue weighted by Crippen LogP contribution is 2.44. The van der Waals surface area contributed by atoms with E-state index >= 15 is 0 Å². The Kier molecular flexibility index (Phi) is 7.67. The van der Waals surface area contributed by atoms with Gasteiger partial charge < -0.3 is 24.1 Å². The third kappa shape index (κ3) is 4.95. The molecule has 192 valence electrons. The van der Waals surface area contributed by atoms with Gasteiger partial charge in [0.15, 0.2) is 0 Å². The second kappa shape index (κ2) is 11.1. The Hall–Kier alpha value is -4.46. The Morgan fingerprint density at radius 2 is 1.57 bits per heavy atom. The van der Waals surface area contributed by atoms with Crippen molar-refractivity contribution in [3.05, 3.63) is 83.4 Å². The summed E-state index contributed by atoms with van der Waals surface area (Å²) in [6, 6.07) is 17.9. The summed E-state index contributed by atoms with van der Waals surface area (Å²) in [6.45, 7) is 2.51. The fourth-order valence-electron chi connectivity index (χ4n) is 4.31. The van der Waals surface area contributed by atoms with E-state index in [4.69, 9.17) is 18.9 Å². The average Bonchev–Trinajstić information content (AvgIpc) is 3.21. The number of aliphatic hydroxyl groups is 1. The van der Waals surface area contributed by atoms with Crippen LogP contribution in [0, 0.1) is 0 Å². The minimum Gasteiger partial charge on any atom is -0.507 e. The number of hydrogen-bond acceptors (Lipinski definition) is 7. The van der Waals surface area contributed by atoms with Gasteiger partial charge in [0, 0.05) is 17.8 Å². The first kappa shape index (κ1) is 25.6. The standard InChI is InChI=1S/C29H29NO7/c1-5-14-37-22-11-7-9-19(16-22)30-26(18-8-6-10-20(15-18)34-2)25(28(32)29(30)33)27(31)23-13-12-21(35-3)17-24(23)36-4/h6-13,15-17,26,31H,5,14H2,1-4H3/b27-25-. The number of Topliss-reactive ketones (excluding diaryl/α,β-unsaturated/α-hetero) is 1. The van der Waals surface area contributed by atoms with E-state index in [9.17, 15) is 14.7 Å². The largest absolute Gasteiger partial charge is 0.507 e. The molecule has 1 saturated heterocycles. The molecule has 1 amide bonds. The molecule has 37 heavy (non-hydrogen) atoms. The second-order valence-corrected chi connectivity index (χ2v) is 8.36. The van der Waals surface area contributed by atoms with E-state index in [-0.39, 0.29) is 16.9 Å². The summed E-state index contributed by atoms with van der Waals surface area (Å²) >= 11 is 0. The third-order valence-corrected chi connectivity index (χ3v) is 6.09. The lowest BCUT2D eigenvalue weighted by molar-refractivity contribution is -0.132. The molecule has 0 bridgehead atoms. The molecule has 8 nitrogen and oxygen atoms in total. The van der Waals surface area contributed by atoms with Crippen LogP contribution in [0.5, 0.6) is 23.0 Å². The molecular formula is C29H29NO7. The number of ketones is 1. The van der Waals surface area contributed by atoms with E-state index in [0.717, 1.165) is 6.42 Å². The van der Waals surface area contributed by atoms with E-state index in [2.05, 4.69) is 0 Å². The van der Waals surface area contributed by atoms with Crippen LogP contribution in [0.4, 0.5) is 5.69 Å². The van der Waals surface area contributed by atoms with Crippen LogP contribution < -0.4 is 23.8 Å². The summed E-state index contributed by atoms with van der Waals surface area (Å²) in [7, 11) is 4.50. The molecule has 0 saturated carbocycles. The molecule has 1 unspecified atom stereocenters. The predicted octanol–water partition coefficient (Wildman–Crippen LogP) is 5.13. The Morgan fingerprint density at radius 1 is 0.865 bits per heavy atom. The van der Waals surface area contributed by atoms with Crippen molar-refractivity contribution in [2.75, 3.05) is 32.8 Å². The van der Waals surface area contributed by atoms with Gasteiger partial charge in [-0.15, -0.1) is 0 Å². The number of anilines is 1. The summed E-state index contributed by atoms with van der Waals surface area (Å²) in [5.74, 6) is -0.0128. The van der Waals surface area contributed by atoms with Gasteiger partial charge >= 0.3 is 0 Å². The Balaban J connectivity index is 1.93. The number of benzene rings is 3. The predicted molar refractivity (Wildman–Crippen MR) is 140 cm³/mol. The molecule has 3 aromatic rings. The number of carbonyl (C=O) groups is 2. The van der Waals surface area contributed by atoms with Crippen molar-refractivity contribution in [3.63, 3.8) is 0 Å². The first-order valence-electron chi connectivity index (χ1n) is 11.8. The molecule has 1 aliphatic rings. The minimum atomic E-state index is -0.927. The summed E-state index contributed by atoms with van der Waals surface area (Å²) in [5, 5.41) is 11.5. The van der Waals surface area contributed by atoms with Crippen LogP contribution in [-0.4, -0.2) is 44.7 Å². The van der Waals surface area contributed by atoms with Crippen molar-refractivity contribution in [2.24, 2.45) is 0 Å². The maximum absolute atomic E-state index is 13.5. The van der Waals surface area contributed by atoms with Gasteiger partial charge in [0.1, 0.15) is 28.8 Å². The van der Waals surface area contributed by atoms with Crippen molar-refractivity contribution in [1.82, 2.24) is 0 Å². The van der Waals surface area contributed by atoms with Crippen molar-refractivity contribution in [2.45, 2.75) is 19.4 Å². The van der Waals surface area contributed by atoms with Crippen molar-refractivity contribution >= 4 is 23.1 Å². The quantitative estimate of drug-likeness (QED) is 0.246. The number of amides is 1. The van der Waals surface area contributed by atoms with Crippen LogP contribution in [0.2, 0.25) is 0 Å². The SMILES string of the molecule is CCCOc1cccc(N2C(=O)C(=O)/C(=C(\O)c3ccc(OC)cc3OC)C2c2cccc(OC)c2)c1. The average molecular weight is 504 g/mol. The zero-order chi connectivity index (χ0) is 26.5. The maximum atomic E-state index is 13.5. The molecule has 1 fully saturated rings. The number of aliphatic hydroxyl groups excluding tert-OH is 1. The topological polar surface area (TPSA) is 94.5 Å². The van der Waals surface area contributed by atoms with Crippen LogP contribution in [0.1, 0.15) is 30.5 Å². The Bertz CT molecular complexity index is 1350. The normalized spacial score (nSPS) is 16.5. The van der Waals surface area contributed by atoms with Crippen LogP contribution in [0.15, 0.2) is 72.3 Å². The summed E-state index contributed by atoms with van der Waals surface area (Å²) in [6.07, 6.45) is 0.822. The molecule has 0 aromatic heterocycles. The molecule has 0 spiro atoms. The lowest BCUT2D eigenvalue weighted by Gasteiger charge is -2.26. The van der Waals surface area contributed by atoms with Crippen molar-refractivity contribution in [3.8, 4) is 23.0 Å². The molecule has 1 N–H and O–H groups in total. The van der Waals surface area contributed by atoms with Crippen molar-refractivity contribution in [1.29, 1.82) is 0 Å². The zero-order valence-corrected chi connectivity index (χ0v) is 21.2. The first-order valence-corrected chi connectivity index (χ1v) is 11.8. The van der Waals surface area contributed by atoms with E-state index in [1.54, 1.807) is 66.7 Å². The van der Waals surface area contributed by atoms with Gasteiger partial charge in [0.25, 0.3) is 11.7 Å². The molecule has 0 radical (unpaired) electrons. The molecule has 1 atom stereocenters. The summed E-state index contributed by atoms with van der Waals surface area (Å²) < 4.78 is 21.9. The van der Waals surface area contributed by atoms with Crippen LogP contribution in [-0.2, 0) is 9.59 Å². The lowest BCUT2D eigenvalue weighted by atomic mass is 9.94. The van der Waals surface area contributed by atoms with Gasteiger partial charge in [-0.2, -0.15) is 0 Å². The highest BCUT2D eigenvalue weighted by Gasteiger charge is 2.47. The molecule has 8 heteroatoms. The van der Waals surface area contributed by atoms with Gasteiger partial charge in [-0.05, 0) is 48.4 Å². The fraction of sp³-hybridized carbons (Fsp3) is 0.241. The van der Waals surface area contributed by atoms with Gasteiger partial charge in [-0.3, -0.25) is 14.5 Å². The zero-order valence-electron chi connectivity index (χ0n) is 21.2. The number of ether oxygens (including phenoxy) is 4. The Morgan fingerprint density at radius 3 is 2.27 bits per heavy atom. The number of carbonyl (C=O) groups excluding carboxylic acids is 2. The highest BCUT2D eigenvalue weighted by atomic mass is 16.5. The first-order chi connectivity index (χ1) is 17.9. The van der Waals surface area contributed by atoms with Gasteiger partial charge in [0.2, 0.25) is 0 Å². The Labute approximate surface area is 215 Å². The molecule has 3 aromatic carbocycles. The van der Waals surface area contributed by atoms with E-state index in [0.29, 0.717) is 40.9 Å². The minimum absolute atomic E-state index is 0.0680. The molecular weight excluding hydrogens is 474 g/mol. The van der Waals surface area contributed by atoms with Gasteiger partial charge in [-0.1, -0.05) is 25.1 Å². The van der Waals surface area contributed by atoms with E-state index in [1.165, 1.54) is 26.2 Å². The monoisotopic (exact) mass is 503 g/mol. The maximum Gasteiger partial charge on any atom is 0.300 e. The molecule has 4 rings (SSSR count). The van der Waals surface area contributed by atoms with E-state index < -0.39 is 17.7 Å². The van der Waals surface area contributed by atoms with Gasteiger partial charge in [-0.25, -0.2) is 0 Å². The van der Waals surface area contributed by atoms with Crippen LogP contribution in [0.3, 0.4) is 0 Å². The highest BCUT2D eigenvalue weighted by molar-refractivity contribution is 6.51. The third-order valence-electron chi connectivity index (χ3n) is 6.09. The number of hydrogen-bond donors (Lipinski definition) is 1. The van der Waals surface area contributed by atoms with Crippen LogP contribution in [0.25, 0.3) is 5.76 Å². The van der Waals surface area contributed by atoms with E-state index in [1.807, 2.05) is 6.92 Å².